The Morgan fingerprint density at radius 3 is 2.50 bits per heavy atom. The molecule has 0 saturated carbocycles. The summed E-state index contributed by atoms with van der Waals surface area (Å²) in [6, 6.07) is 16.6. The lowest BCUT2D eigenvalue weighted by molar-refractivity contribution is -0.122. The smallest absolute Gasteiger partial charge is 0.234 e. The van der Waals surface area contributed by atoms with E-state index in [1.54, 1.807) is 23.1 Å². The van der Waals surface area contributed by atoms with Crippen LogP contribution in [-0.2, 0) is 17.8 Å². The third kappa shape index (κ3) is 5.30. The Morgan fingerprint density at radius 2 is 1.77 bits per heavy atom. The normalized spacial score (nSPS) is 10.7. The van der Waals surface area contributed by atoms with Gasteiger partial charge in [-0.05, 0) is 25.1 Å². The average Bonchev–Trinajstić information content (AvgIpc) is 2.50. The van der Waals surface area contributed by atoms with Crippen LogP contribution in [0.3, 0.4) is 0 Å². The maximum atomic E-state index is 13.6. The first-order chi connectivity index (χ1) is 10.6. The first-order valence-electron chi connectivity index (χ1n) is 7.38. The van der Waals surface area contributed by atoms with E-state index < -0.39 is 0 Å². The highest BCUT2D eigenvalue weighted by atomic mass is 19.1. The van der Waals surface area contributed by atoms with E-state index in [4.69, 9.17) is 0 Å². The van der Waals surface area contributed by atoms with E-state index in [0.29, 0.717) is 18.7 Å². The van der Waals surface area contributed by atoms with Crippen molar-refractivity contribution in [3.63, 3.8) is 0 Å². The number of hydrogen-bond donors (Lipinski definition) is 1. The predicted octanol–water partition coefficient (Wildman–Crippen LogP) is 2.62. The van der Waals surface area contributed by atoms with Crippen molar-refractivity contribution in [2.45, 2.75) is 13.0 Å². The number of likely N-dealkylation sites (N-methyl/N-ethyl adjacent to an activating group) is 1. The quantitative estimate of drug-likeness (QED) is 0.852. The summed E-state index contributed by atoms with van der Waals surface area (Å²) >= 11 is 0. The summed E-state index contributed by atoms with van der Waals surface area (Å²) in [7, 11) is 1.81. The van der Waals surface area contributed by atoms with Gasteiger partial charge in [-0.2, -0.15) is 0 Å². The number of nitrogens with one attached hydrogen (secondary N) is 1. The van der Waals surface area contributed by atoms with E-state index in [2.05, 4.69) is 5.32 Å². The average molecular weight is 300 g/mol. The number of carbonyl (C=O) groups excluding carboxylic acids is 1. The molecule has 0 aliphatic carbocycles. The largest absolute Gasteiger partial charge is 0.355 e. The first kappa shape index (κ1) is 16.2. The Morgan fingerprint density at radius 1 is 1.09 bits per heavy atom. The molecular weight excluding hydrogens is 279 g/mol. The fourth-order valence-corrected chi connectivity index (χ4v) is 2.27. The number of hydrogen-bond acceptors (Lipinski definition) is 2. The topological polar surface area (TPSA) is 32.3 Å². The number of rotatable bonds is 7. The molecule has 0 bridgehead atoms. The Balaban J connectivity index is 1.71. The van der Waals surface area contributed by atoms with Crippen LogP contribution in [0.1, 0.15) is 11.1 Å². The van der Waals surface area contributed by atoms with E-state index in [9.17, 15) is 9.18 Å². The molecule has 2 aromatic carbocycles. The van der Waals surface area contributed by atoms with Crippen molar-refractivity contribution in [3.8, 4) is 0 Å². The van der Waals surface area contributed by atoms with E-state index in [0.717, 1.165) is 6.42 Å². The summed E-state index contributed by atoms with van der Waals surface area (Å²) in [5.74, 6) is -0.284. The summed E-state index contributed by atoms with van der Waals surface area (Å²) in [5.41, 5.74) is 1.80. The Labute approximate surface area is 130 Å². The molecule has 0 aliphatic heterocycles. The maximum absolute atomic E-state index is 13.6. The molecule has 3 nitrogen and oxygen atoms in total. The lowest BCUT2D eigenvalue weighted by Crippen LogP contribution is -2.35. The minimum atomic E-state index is -0.237. The number of amides is 1. The monoisotopic (exact) mass is 300 g/mol. The van der Waals surface area contributed by atoms with E-state index >= 15 is 0 Å². The molecule has 2 rings (SSSR count). The number of nitrogens with zero attached hydrogens (tertiary/aromatic N) is 1. The molecule has 0 radical (unpaired) electrons. The van der Waals surface area contributed by atoms with Gasteiger partial charge >= 0.3 is 0 Å². The minimum absolute atomic E-state index is 0.0465. The van der Waals surface area contributed by atoms with Gasteiger partial charge in [0.05, 0.1) is 6.54 Å². The van der Waals surface area contributed by atoms with Gasteiger partial charge in [-0.3, -0.25) is 9.69 Å². The van der Waals surface area contributed by atoms with Gasteiger partial charge in [0, 0.05) is 18.7 Å². The van der Waals surface area contributed by atoms with Crippen LogP contribution in [0.25, 0.3) is 0 Å². The van der Waals surface area contributed by atoms with Gasteiger partial charge in [-0.1, -0.05) is 48.5 Å². The second kappa shape index (κ2) is 8.29. The molecule has 0 saturated heterocycles. The van der Waals surface area contributed by atoms with Crippen LogP contribution in [0.4, 0.5) is 4.39 Å². The van der Waals surface area contributed by atoms with Crippen LogP contribution in [-0.4, -0.2) is 30.9 Å². The SMILES string of the molecule is CN(CC(=O)NCCc1ccccc1)Cc1ccccc1F. The zero-order chi connectivity index (χ0) is 15.8. The molecule has 0 heterocycles. The van der Waals surface area contributed by atoms with Gasteiger partial charge in [0.2, 0.25) is 5.91 Å². The maximum Gasteiger partial charge on any atom is 0.234 e. The van der Waals surface area contributed by atoms with Crippen LogP contribution in [0.2, 0.25) is 0 Å². The number of carbonyl (C=O) groups is 1. The molecule has 0 fully saturated rings. The lowest BCUT2D eigenvalue weighted by atomic mass is 10.1. The second-order valence-corrected chi connectivity index (χ2v) is 5.35. The molecule has 0 atom stereocenters. The van der Waals surface area contributed by atoms with Gasteiger partial charge in [-0.15, -0.1) is 0 Å². The van der Waals surface area contributed by atoms with E-state index in [1.165, 1.54) is 11.6 Å². The van der Waals surface area contributed by atoms with Gasteiger partial charge in [0.25, 0.3) is 0 Å². The highest BCUT2D eigenvalue weighted by Gasteiger charge is 2.09. The number of halogens is 1. The van der Waals surface area contributed by atoms with Crippen LogP contribution < -0.4 is 5.32 Å². The van der Waals surface area contributed by atoms with Crippen molar-refractivity contribution in [1.29, 1.82) is 0 Å². The summed E-state index contributed by atoms with van der Waals surface area (Å²) in [4.78, 5) is 13.7. The lowest BCUT2D eigenvalue weighted by Gasteiger charge is -2.16. The second-order valence-electron chi connectivity index (χ2n) is 5.35. The van der Waals surface area contributed by atoms with Crippen molar-refractivity contribution in [2.75, 3.05) is 20.1 Å². The highest BCUT2D eigenvalue weighted by Crippen LogP contribution is 2.08. The van der Waals surface area contributed by atoms with Gasteiger partial charge < -0.3 is 5.32 Å². The van der Waals surface area contributed by atoms with E-state index in [-0.39, 0.29) is 18.3 Å². The third-order valence-corrected chi connectivity index (χ3v) is 3.39. The molecule has 1 amide bonds. The third-order valence-electron chi connectivity index (χ3n) is 3.39. The van der Waals surface area contributed by atoms with Crippen molar-refractivity contribution >= 4 is 5.91 Å². The standard InChI is InChI=1S/C18H21FN2O/c1-21(13-16-9-5-6-10-17(16)19)14-18(22)20-12-11-15-7-3-2-4-8-15/h2-10H,11-14H2,1H3,(H,20,22). The van der Waals surface area contributed by atoms with E-state index in [1.807, 2.05) is 37.4 Å². The van der Waals surface area contributed by atoms with Crippen molar-refractivity contribution in [3.05, 3.63) is 71.5 Å². The molecule has 116 valence electrons. The molecule has 22 heavy (non-hydrogen) atoms. The Kier molecular flexibility index (Phi) is 6.10. The zero-order valence-corrected chi connectivity index (χ0v) is 12.8. The fraction of sp³-hybridized carbons (Fsp3) is 0.278. The van der Waals surface area contributed by atoms with Crippen molar-refractivity contribution in [2.24, 2.45) is 0 Å². The van der Waals surface area contributed by atoms with Crippen molar-refractivity contribution < 1.29 is 9.18 Å². The van der Waals surface area contributed by atoms with Crippen LogP contribution in [0.15, 0.2) is 54.6 Å². The molecule has 0 aromatic heterocycles. The Hall–Kier alpha value is -2.20. The van der Waals surface area contributed by atoms with Gasteiger partial charge in [-0.25, -0.2) is 4.39 Å². The molecule has 4 heteroatoms. The molecule has 1 N–H and O–H groups in total. The molecule has 0 spiro atoms. The summed E-state index contributed by atoms with van der Waals surface area (Å²) in [5, 5.41) is 2.89. The molecule has 0 aliphatic rings. The fourth-order valence-electron chi connectivity index (χ4n) is 2.27. The van der Waals surface area contributed by atoms with Crippen LogP contribution >= 0.6 is 0 Å². The minimum Gasteiger partial charge on any atom is -0.355 e. The summed E-state index contributed by atoms with van der Waals surface area (Å²) in [6.45, 7) is 1.28. The first-order valence-corrected chi connectivity index (χ1v) is 7.38. The van der Waals surface area contributed by atoms with Crippen molar-refractivity contribution in [1.82, 2.24) is 10.2 Å². The Bertz CT molecular complexity index is 601. The zero-order valence-electron chi connectivity index (χ0n) is 12.8. The predicted molar refractivity (Wildman–Crippen MR) is 85.9 cm³/mol. The molecule has 2 aromatic rings. The number of benzene rings is 2. The van der Waals surface area contributed by atoms with Gasteiger partial charge in [0.15, 0.2) is 0 Å². The summed E-state index contributed by atoms with van der Waals surface area (Å²) < 4.78 is 13.6. The summed E-state index contributed by atoms with van der Waals surface area (Å²) in [6.07, 6.45) is 0.809. The highest BCUT2D eigenvalue weighted by molar-refractivity contribution is 5.77. The molecular formula is C18H21FN2O. The van der Waals surface area contributed by atoms with Crippen LogP contribution in [0, 0.1) is 5.82 Å². The molecule has 0 unspecified atom stereocenters. The van der Waals surface area contributed by atoms with Gasteiger partial charge in [0.1, 0.15) is 5.82 Å². The van der Waals surface area contributed by atoms with Crippen LogP contribution in [0.5, 0.6) is 0 Å².